The zero-order valence-electron chi connectivity index (χ0n) is 13.7. The van der Waals surface area contributed by atoms with Gasteiger partial charge in [0.05, 0.1) is 5.69 Å². The number of hydrogen-bond acceptors (Lipinski definition) is 3. The van der Waals surface area contributed by atoms with Crippen LogP contribution in [0.25, 0.3) is 0 Å². The van der Waals surface area contributed by atoms with Crippen molar-refractivity contribution >= 4 is 41.5 Å². The Kier molecular flexibility index (Phi) is 8.75. The molecule has 0 fully saturated rings. The number of halogens is 1. The van der Waals surface area contributed by atoms with E-state index in [1.165, 1.54) is 0 Å². The van der Waals surface area contributed by atoms with Crippen LogP contribution in [0.15, 0.2) is 29.3 Å². The minimum atomic E-state index is 0. The Labute approximate surface area is 154 Å². The number of carbonyl (C=O) groups excluding carboxylic acids is 1. The van der Waals surface area contributed by atoms with E-state index in [4.69, 9.17) is 4.74 Å². The van der Waals surface area contributed by atoms with Crippen molar-refractivity contribution in [1.29, 1.82) is 0 Å². The molecule has 2 rings (SSSR count). The Bertz CT molecular complexity index is 529. The first-order valence-corrected chi connectivity index (χ1v) is 7.80. The fourth-order valence-electron chi connectivity index (χ4n) is 2.33. The van der Waals surface area contributed by atoms with E-state index in [9.17, 15) is 4.79 Å². The molecule has 1 aliphatic heterocycles. The van der Waals surface area contributed by atoms with Gasteiger partial charge in [0, 0.05) is 26.2 Å². The molecule has 0 spiro atoms. The molecule has 23 heavy (non-hydrogen) atoms. The molecule has 1 heterocycles. The Balaban J connectivity index is 0.00000264. The monoisotopic (exact) mass is 432 g/mol. The average Bonchev–Trinajstić information content (AvgIpc) is 2.53. The first-order chi connectivity index (χ1) is 10.8. The number of nitrogens with zero attached hydrogens (tertiary/aromatic N) is 2. The Hall–Kier alpha value is -1.51. The molecule has 0 saturated heterocycles. The van der Waals surface area contributed by atoms with Crippen molar-refractivity contribution in [2.45, 2.75) is 20.3 Å². The van der Waals surface area contributed by atoms with Gasteiger partial charge in [0.2, 0.25) is 0 Å². The first-order valence-electron chi connectivity index (χ1n) is 7.80. The number of carbonyl (C=O) groups is 1. The summed E-state index contributed by atoms with van der Waals surface area (Å²) in [5.74, 6) is 1.59. The first kappa shape index (κ1) is 19.5. The number of amides is 1. The van der Waals surface area contributed by atoms with Gasteiger partial charge in [0.15, 0.2) is 12.6 Å². The third-order valence-electron chi connectivity index (χ3n) is 3.31. The van der Waals surface area contributed by atoms with Crippen molar-refractivity contribution < 1.29 is 9.53 Å². The fourth-order valence-corrected chi connectivity index (χ4v) is 2.33. The minimum Gasteiger partial charge on any atom is -0.482 e. The lowest BCUT2D eigenvalue weighted by molar-refractivity contribution is -0.121. The van der Waals surface area contributed by atoms with Crippen LogP contribution in [0.4, 0.5) is 5.69 Å². The highest BCUT2D eigenvalue weighted by molar-refractivity contribution is 14.0. The second-order valence-corrected chi connectivity index (χ2v) is 4.95. The van der Waals surface area contributed by atoms with Gasteiger partial charge in [-0.05, 0) is 32.4 Å². The standard InChI is InChI=1S/C16H24N4O2.HI/c1-3-17-16(18-4-2)19-10-7-11-20-13-8-5-6-9-14(13)22-12-15(20)21;/h5-6,8-9H,3-4,7,10-12H2,1-2H3,(H2,17,18,19);1H. The van der Waals surface area contributed by atoms with Gasteiger partial charge in [-0.1, -0.05) is 12.1 Å². The molecule has 0 radical (unpaired) electrons. The summed E-state index contributed by atoms with van der Waals surface area (Å²) in [6.07, 6.45) is 0.806. The summed E-state index contributed by atoms with van der Waals surface area (Å²) in [5.41, 5.74) is 0.848. The number of benzene rings is 1. The molecule has 0 bridgehead atoms. The van der Waals surface area contributed by atoms with E-state index in [0.717, 1.165) is 36.9 Å². The maximum atomic E-state index is 12.0. The van der Waals surface area contributed by atoms with E-state index in [1.54, 1.807) is 4.90 Å². The van der Waals surface area contributed by atoms with Gasteiger partial charge >= 0.3 is 0 Å². The lowest BCUT2D eigenvalue weighted by Gasteiger charge is -2.29. The molecule has 128 valence electrons. The van der Waals surface area contributed by atoms with E-state index in [0.29, 0.717) is 13.1 Å². The van der Waals surface area contributed by atoms with Crippen LogP contribution in [0.1, 0.15) is 20.3 Å². The van der Waals surface area contributed by atoms with Crippen molar-refractivity contribution in [3.63, 3.8) is 0 Å². The zero-order valence-corrected chi connectivity index (χ0v) is 16.0. The Morgan fingerprint density at radius 2 is 1.96 bits per heavy atom. The van der Waals surface area contributed by atoms with Crippen LogP contribution in [-0.4, -0.2) is 44.7 Å². The van der Waals surface area contributed by atoms with Crippen LogP contribution in [0.2, 0.25) is 0 Å². The number of fused-ring (bicyclic) bond motifs is 1. The normalized spacial score (nSPS) is 12.6. The molecule has 2 N–H and O–H groups in total. The lowest BCUT2D eigenvalue weighted by atomic mass is 10.2. The maximum Gasteiger partial charge on any atom is 0.265 e. The molecular formula is C16H25IN4O2. The lowest BCUT2D eigenvalue weighted by Crippen LogP contribution is -2.40. The number of nitrogens with one attached hydrogen (secondary N) is 2. The highest BCUT2D eigenvalue weighted by Gasteiger charge is 2.24. The van der Waals surface area contributed by atoms with Gasteiger partial charge in [-0.25, -0.2) is 0 Å². The van der Waals surface area contributed by atoms with Crippen LogP contribution in [0.3, 0.4) is 0 Å². The molecule has 0 saturated carbocycles. The molecule has 0 aromatic heterocycles. The smallest absolute Gasteiger partial charge is 0.265 e. The Morgan fingerprint density at radius 3 is 2.65 bits per heavy atom. The molecule has 1 aromatic carbocycles. The number of rotatable bonds is 6. The van der Waals surface area contributed by atoms with Gasteiger partial charge in [0.1, 0.15) is 5.75 Å². The van der Waals surface area contributed by atoms with Crippen LogP contribution >= 0.6 is 24.0 Å². The van der Waals surface area contributed by atoms with Crippen molar-refractivity contribution in [3.8, 4) is 5.75 Å². The van der Waals surface area contributed by atoms with Gasteiger partial charge in [-0.15, -0.1) is 24.0 Å². The molecule has 0 aliphatic carbocycles. The van der Waals surface area contributed by atoms with Gasteiger partial charge < -0.3 is 20.3 Å². The van der Waals surface area contributed by atoms with Crippen molar-refractivity contribution in [2.75, 3.05) is 37.7 Å². The highest BCUT2D eigenvalue weighted by atomic mass is 127. The molecule has 1 amide bonds. The van der Waals surface area contributed by atoms with E-state index in [2.05, 4.69) is 15.6 Å². The van der Waals surface area contributed by atoms with Gasteiger partial charge in [-0.2, -0.15) is 0 Å². The van der Waals surface area contributed by atoms with E-state index >= 15 is 0 Å². The van der Waals surface area contributed by atoms with Gasteiger partial charge in [-0.3, -0.25) is 9.79 Å². The number of anilines is 1. The highest BCUT2D eigenvalue weighted by Crippen LogP contribution is 2.31. The van der Waals surface area contributed by atoms with Crippen LogP contribution in [-0.2, 0) is 4.79 Å². The number of guanidine groups is 1. The van der Waals surface area contributed by atoms with E-state index < -0.39 is 0 Å². The third kappa shape index (κ3) is 5.56. The summed E-state index contributed by atoms with van der Waals surface area (Å²) in [6.45, 7) is 7.17. The van der Waals surface area contributed by atoms with Crippen molar-refractivity contribution in [2.24, 2.45) is 4.99 Å². The number of ether oxygens (including phenoxy) is 1. The summed E-state index contributed by atoms with van der Waals surface area (Å²) in [4.78, 5) is 18.3. The van der Waals surface area contributed by atoms with Crippen molar-refractivity contribution in [1.82, 2.24) is 10.6 Å². The number of aliphatic imine (C=N–C) groups is 1. The van der Waals surface area contributed by atoms with Crippen LogP contribution in [0.5, 0.6) is 5.75 Å². The fraction of sp³-hybridized carbons (Fsp3) is 0.500. The van der Waals surface area contributed by atoms with Crippen LogP contribution in [0, 0.1) is 0 Å². The predicted molar refractivity (Wildman–Crippen MR) is 104 cm³/mol. The number of para-hydroxylation sites is 2. The third-order valence-corrected chi connectivity index (χ3v) is 3.31. The SMILES string of the molecule is CCNC(=NCCCN1C(=O)COc2ccccc21)NCC.I. The average molecular weight is 432 g/mol. The second kappa shape index (κ2) is 10.3. The Morgan fingerprint density at radius 1 is 1.26 bits per heavy atom. The molecule has 7 heteroatoms. The molecule has 1 aliphatic rings. The minimum absolute atomic E-state index is 0. The molecule has 0 atom stereocenters. The van der Waals surface area contributed by atoms with Crippen LogP contribution < -0.4 is 20.3 Å². The summed E-state index contributed by atoms with van der Waals surface area (Å²) >= 11 is 0. The molecular weight excluding hydrogens is 407 g/mol. The summed E-state index contributed by atoms with van der Waals surface area (Å²) in [7, 11) is 0. The molecule has 0 unspecified atom stereocenters. The quantitative estimate of drug-likeness (QED) is 0.313. The zero-order chi connectivity index (χ0) is 15.8. The topological polar surface area (TPSA) is 66.0 Å². The summed E-state index contributed by atoms with van der Waals surface area (Å²) in [6, 6.07) is 7.64. The van der Waals surface area contributed by atoms with E-state index in [1.807, 2.05) is 38.1 Å². The van der Waals surface area contributed by atoms with Gasteiger partial charge in [0.25, 0.3) is 5.91 Å². The van der Waals surface area contributed by atoms with Crippen molar-refractivity contribution in [3.05, 3.63) is 24.3 Å². The summed E-state index contributed by atoms with van der Waals surface area (Å²) in [5, 5.41) is 6.37. The molecule has 6 nitrogen and oxygen atoms in total. The largest absolute Gasteiger partial charge is 0.482 e. The van der Waals surface area contributed by atoms with E-state index in [-0.39, 0.29) is 36.5 Å². The maximum absolute atomic E-state index is 12.0. The predicted octanol–water partition coefficient (Wildman–Crippen LogP) is 2.00. The second-order valence-electron chi connectivity index (χ2n) is 4.95. The summed E-state index contributed by atoms with van der Waals surface area (Å²) < 4.78 is 5.44. The number of hydrogen-bond donors (Lipinski definition) is 2. The molecule has 1 aromatic rings.